The number of aromatic nitrogens is 2. The Morgan fingerprint density at radius 2 is 2.28 bits per heavy atom. The van der Waals surface area contributed by atoms with E-state index in [1.54, 1.807) is 12.3 Å². The third-order valence-electron chi connectivity index (χ3n) is 4.35. The van der Waals surface area contributed by atoms with Crippen LogP contribution in [0.5, 0.6) is 0 Å². The van der Waals surface area contributed by atoms with Gasteiger partial charge >= 0.3 is 0 Å². The molecule has 0 saturated heterocycles. The number of nitriles is 1. The maximum absolute atomic E-state index is 12.1. The van der Waals surface area contributed by atoms with Gasteiger partial charge in [0.05, 0.1) is 28.6 Å². The van der Waals surface area contributed by atoms with Crippen molar-refractivity contribution in [2.24, 2.45) is 11.8 Å². The Morgan fingerprint density at radius 3 is 2.96 bits per heavy atom. The van der Waals surface area contributed by atoms with Gasteiger partial charge in [0.25, 0.3) is 0 Å². The highest BCUT2D eigenvalue weighted by Crippen LogP contribution is 2.38. The summed E-state index contributed by atoms with van der Waals surface area (Å²) in [7, 11) is 0. The SMILES string of the molecule is Cc1csnc1-c1cc(Cl)c2cnc(NC(=O)C3CC3C#N)cc2c1. The summed E-state index contributed by atoms with van der Waals surface area (Å²) in [6.45, 7) is 2.01. The molecule has 124 valence electrons. The normalized spacial score (nSPS) is 18.8. The van der Waals surface area contributed by atoms with Gasteiger partial charge in [-0.25, -0.2) is 4.98 Å². The number of amides is 1. The second kappa shape index (κ2) is 6.10. The van der Waals surface area contributed by atoms with E-state index < -0.39 is 0 Å². The first-order chi connectivity index (χ1) is 12.1. The average molecular weight is 369 g/mol. The lowest BCUT2D eigenvalue weighted by Crippen LogP contribution is -2.15. The topological polar surface area (TPSA) is 78.7 Å². The van der Waals surface area contributed by atoms with Crippen molar-refractivity contribution in [3.05, 3.63) is 40.4 Å². The number of anilines is 1. The second-order valence-electron chi connectivity index (χ2n) is 6.16. The zero-order valence-electron chi connectivity index (χ0n) is 13.3. The molecule has 2 atom stereocenters. The highest BCUT2D eigenvalue weighted by atomic mass is 35.5. The van der Waals surface area contributed by atoms with Crippen LogP contribution >= 0.6 is 23.1 Å². The molecule has 1 amide bonds. The number of pyridine rings is 1. The summed E-state index contributed by atoms with van der Waals surface area (Å²) in [6, 6.07) is 7.79. The molecule has 25 heavy (non-hydrogen) atoms. The first-order valence-electron chi connectivity index (χ1n) is 7.78. The standard InChI is InChI=1S/C18H13ClN4OS/c1-9-8-25-23-17(9)11-2-10-5-16(21-7-14(10)15(19)4-11)22-18(24)13-3-12(13)6-20/h2,4-5,7-8,12-13H,3H2,1H3,(H,21,22,24). The van der Waals surface area contributed by atoms with Gasteiger partial charge in [0, 0.05) is 22.5 Å². The zero-order chi connectivity index (χ0) is 17.6. The molecule has 1 aromatic carbocycles. The van der Waals surface area contributed by atoms with Gasteiger partial charge < -0.3 is 5.32 Å². The molecule has 0 spiro atoms. The van der Waals surface area contributed by atoms with E-state index in [2.05, 4.69) is 20.7 Å². The molecule has 0 aliphatic heterocycles. The zero-order valence-corrected chi connectivity index (χ0v) is 14.9. The number of benzene rings is 1. The molecular weight excluding hydrogens is 356 g/mol. The van der Waals surface area contributed by atoms with E-state index in [0.717, 1.165) is 27.6 Å². The number of hydrogen-bond acceptors (Lipinski definition) is 5. The summed E-state index contributed by atoms with van der Waals surface area (Å²) in [5, 5.41) is 15.9. The molecule has 1 fully saturated rings. The van der Waals surface area contributed by atoms with Crippen LogP contribution in [0, 0.1) is 30.1 Å². The Morgan fingerprint density at radius 1 is 1.44 bits per heavy atom. The number of carbonyl (C=O) groups excluding carboxylic acids is 1. The smallest absolute Gasteiger partial charge is 0.230 e. The predicted molar refractivity (Wildman–Crippen MR) is 98.4 cm³/mol. The van der Waals surface area contributed by atoms with Crippen molar-refractivity contribution in [3.8, 4) is 17.3 Å². The van der Waals surface area contributed by atoms with Crippen molar-refractivity contribution in [3.63, 3.8) is 0 Å². The van der Waals surface area contributed by atoms with Crippen molar-refractivity contribution in [1.82, 2.24) is 9.36 Å². The van der Waals surface area contributed by atoms with Crippen LogP contribution in [-0.2, 0) is 4.79 Å². The van der Waals surface area contributed by atoms with E-state index in [0.29, 0.717) is 17.3 Å². The number of fused-ring (bicyclic) bond motifs is 1. The number of nitrogens with one attached hydrogen (secondary N) is 1. The molecule has 1 aliphatic carbocycles. The van der Waals surface area contributed by atoms with Crippen molar-refractivity contribution in [2.75, 3.05) is 5.32 Å². The Kier molecular flexibility index (Phi) is 3.91. The Balaban J connectivity index is 1.68. The fraction of sp³-hybridized carbons (Fsp3) is 0.222. The first-order valence-corrected chi connectivity index (χ1v) is 8.99. The summed E-state index contributed by atoms with van der Waals surface area (Å²) in [6.07, 6.45) is 2.27. The maximum Gasteiger partial charge on any atom is 0.230 e. The fourth-order valence-electron chi connectivity index (χ4n) is 2.83. The van der Waals surface area contributed by atoms with Gasteiger partial charge in [0.1, 0.15) is 5.82 Å². The van der Waals surface area contributed by atoms with Gasteiger partial charge in [0.15, 0.2) is 0 Å². The molecule has 1 N–H and O–H groups in total. The summed E-state index contributed by atoms with van der Waals surface area (Å²) in [5.41, 5.74) is 2.94. The first kappa shape index (κ1) is 16.0. The molecule has 0 radical (unpaired) electrons. The van der Waals surface area contributed by atoms with Gasteiger partial charge in [-0.2, -0.15) is 9.64 Å². The van der Waals surface area contributed by atoms with E-state index >= 15 is 0 Å². The molecule has 1 saturated carbocycles. The summed E-state index contributed by atoms with van der Waals surface area (Å²) < 4.78 is 4.42. The van der Waals surface area contributed by atoms with Crippen molar-refractivity contribution < 1.29 is 4.79 Å². The van der Waals surface area contributed by atoms with Crippen molar-refractivity contribution >= 4 is 45.6 Å². The molecule has 4 rings (SSSR count). The molecule has 3 aromatic rings. The van der Waals surface area contributed by atoms with Crippen LogP contribution in [0.4, 0.5) is 5.82 Å². The largest absolute Gasteiger partial charge is 0.310 e. The minimum atomic E-state index is -0.227. The number of nitrogens with zero attached hydrogens (tertiary/aromatic N) is 3. The third kappa shape index (κ3) is 2.97. The summed E-state index contributed by atoms with van der Waals surface area (Å²) in [5.74, 6) is -0.0930. The molecular formula is C18H13ClN4OS. The fourth-order valence-corrected chi connectivity index (χ4v) is 3.78. The molecule has 2 aromatic heterocycles. The lowest BCUT2D eigenvalue weighted by Gasteiger charge is -2.08. The third-order valence-corrected chi connectivity index (χ3v) is 5.41. The number of rotatable bonds is 3. The number of hydrogen-bond donors (Lipinski definition) is 1. The van der Waals surface area contributed by atoms with Gasteiger partial charge in [-0.05, 0) is 54.0 Å². The van der Waals surface area contributed by atoms with Gasteiger partial charge in [-0.15, -0.1) is 0 Å². The van der Waals surface area contributed by atoms with Crippen LogP contribution in [0.3, 0.4) is 0 Å². The van der Waals surface area contributed by atoms with Crippen LogP contribution in [0.1, 0.15) is 12.0 Å². The average Bonchev–Trinajstić information content (AvgIpc) is 3.27. The minimum Gasteiger partial charge on any atom is -0.310 e. The molecule has 0 bridgehead atoms. The second-order valence-corrected chi connectivity index (χ2v) is 7.20. The van der Waals surface area contributed by atoms with Crippen LogP contribution in [-0.4, -0.2) is 15.3 Å². The van der Waals surface area contributed by atoms with E-state index in [4.69, 9.17) is 16.9 Å². The minimum absolute atomic E-state index is 0.156. The number of halogens is 1. The van der Waals surface area contributed by atoms with Crippen molar-refractivity contribution in [1.29, 1.82) is 5.26 Å². The lowest BCUT2D eigenvalue weighted by atomic mass is 10.0. The molecule has 1 aliphatic rings. The summed E-state index contributed by atoms with van der Waals surface area (Å²) >= 11 is 7.81. The van der Waals surface area contributed by atoms with Gasteiger partial charge in [-0.1, -0.05) is 11.6 Å². The van der Waals surface area contributed by atoms with E-state index in [-0.39, 0.29) is 17.7 Å². The summed E-state index contributed by atoms with van der Waals surface area (Å²) in [4.78, 5) is 16.4. The molecule has 5 nitrogen and oxygen atoms in total. The Labute approximate surface area is 153 Å². The molecule has 2 unspecified atom stereocenters. The Hall–Kier alpha value is -2.49. The monoisotopic (exact) mass is 368 g/mol. The van der Waals surface area contributed by atoms with E-state index in [9.17, 15) is 4.79 Å². The maximum atomic E-state index is 12.1. The number of carbonyl (C=O) groups is 1. The lowest BCUT2D eigenvalue weighted by molar-refractivity contribution is -0.117. The van der Waals surface area contributed by atoms with Crippen LogP contribution < -0.4 is 5.32 Å². The Bertz CT molecular complexity index is 1040. The molecule has 2 heterocycles. The van der Waals surface area contributed by atoms with E-state index in [1.807, 2.05) is 24.4 Å². The van der Waals surface area contributed by atoms with Crippen LogP contribution in [0.15, 0.2) is 29.8 Å². The highest BCUT2D eigenvalue weighted by Gasteiger charge is 2.43. The quantitative estimate of drug-likeness (QED) is 0.742. The molecule has 7 heteroatoms. The van der Waals surface area contributed by atoms with Crippen LogP contribution in [0.2, 0.25) is 5.02 Å². The predicted octanol–water partition coefficient (Wildman–Crippen LogP) is 4.42. The van der Waals surface area contributed by atoms with E-state index in [1.165, 1.54) is 11.5 Å². The van der Waals surface area contributed by atoms with Gasteiger partial charge in [0.2, 0.25) is 5.91 Å². The van der Waals surface area contributed by atoms with Crippen molar-refractivity contribution in [2.45, 2.75) is 13.3 Å². The van der Waals surface area contributed by atoms with Crippen LogP contribution in [0.25, 0.3) is 22.0 Å². The number of aryl methyl sites for hydroxylation is 1. The van der Waals surface area contributed by atoms with Gasteiger partial charge in [-0.3, -0.25) is 4.79 Å². The highest BCUT2D eigenvalue weighted by molar-refractivity contribution is 7.04.